The Morgan fingerprint density at radius 2 is 1.58 bits per heavy atom. The van der Waals surface area contributed by atoms with Gasteiger partial charge in [-0.15, -0.1) is 35.7 Å². The molecule has 0 saturated carbocycles. The maximum Gasteiger partial charge on any atom is 2.00 e. The van der Waals surface area contributed by atoms with Gasteiger partial charge in [-0.2, -0.15) is 17.2 Å². The zero-order valence-electron chi connectivity index (χ0n) is 28.5. The summed E-state index contributed by atoms with van der Waals surface area (Å²) in [4.78, 5) is 4.84. The average Bonchev–Trinajstić information content (AvgIpc) is 3.53. The molecule has 0 saturated heterocycles. The summed E-state index contributed by atoms with van der Waals surface area (Å²) < 4.78 is 10.6. The fourth-order valence-electron chi connectivity index (χ4n) is 6.51. The minimum atomic E-state index is 0. The van der Waals surface area contributed by atoms with Crippen LogP contribution in [0.3, 0.4) is 0 Å². The van der Waals surface area contributed by atoms with Crippen LogP contribution >= 0.6 is 0 Å². The summed E-state index contributed by atoms with van der Waals surface area (Å²) in [6, 6.07) is 38.6. The molecule has 7 rings (SSSR count). The van der Waals surface area contributed by atoms with Gasteiger partial charge in [-0.05, 0) is 77.6 Å². The molecule has 0 unspecified atom stereocenters. The van der Waals surface area contributed by atoms with Crippen molar-refractivity contribution in [2.75, 3.05) is 0 Å². The van der Waals surface area contributed by atoms with Crippen LogP contribution in [0.15, 0.2) is 97.2 Å². The van der Waals surface area contributed by atoms with Gasteiger partial charge in [0.2, 0.25) is 0 Å². The molecule has 0 bridgehead atoms. The van der Waals surface area contributed by atoms with E-state index >= 15 is 0 Å². The van der Waals surface area contributed by atoms with Gasteiger partial charge in [0.05, 0.1) is 5.69 Å². The van der Waals surface area contributed by atoms with Gasteiger partial charge in [0.15, 0.2) is 0 Å². The summed E-state index contributed by atoms with van der Waals surface area (Å²) in [7, 11) is 0. The van der Waals surface area contributed by atoms with Crippen molar-refractivity contribution >= 4 is 21.8 Å². The number of hydrogen-bond donors (Lipinski definition) is 0. The topological polar surface area (TPSA) is 44.9 Å². The number of pyridine rings is 1. The van der Waals surface area contributed by atoms with Gasteiger partial charge in [-0.25, -0.2) is 4.98 Å². The van der Waals surface area contributed by atoms with Crippen molar-refractivity contribution in [1.29, 1.82) is 0 Å². The van der Waals surface area contributed by atoms with E-state index in [9.17, 15) is 0 Å². The summed E-state index contributed by atoms with van der Waals surface area (Å²) in [5.74, 6) is 2.65. The van der Waals surface area contributed by atoms with E-state index in [0.29, 0.717) is 17.4 Å². The van der Waals surface area contributed by atoms with Crippen LogP contribution in [0, 0.1) is 31.9 Å². The Balaban J connectivity index is 0.00000401. The summed E-state index contributed by atoms with van der Waals surface area (Å²) in [6.45, 7) is 15.4. The monoisotopic (exact) mass is 811 g/mol. The summed E-state index contributed by atoms with van der Waals surface area (Å²) >= 11 is 0. The molecule has 4 aromatic carbocycles. The fourth-order valence-corrected chi connectivity index (χ4v) is 6.51. The number of ether oxygens (including phenoxy) is 1. The van der Waals surface area contributed by atoms with Gasteiger partial charge in [0.1, 0.15) is 5.82 Å². The first-order valence-corrected chi connectivity index (χ1v) is 16.4. The molecule has 0 fully saturated rings. The number of benzene rings is 4. The number of fused-ring (bicyclic) bond motifs is 3. The molecule has 0 radical (unpaired) electrons. The van der Waals surface area contributed by atoms with Crippen LogP contribution in [0.4, 0.5) is 0 Å². The Labute approximate surface area is 297 Å². The van der Waals surface area contributed by atoms with Crippen molar-refractivity contribution in [3.63, 3.8) is 0 Å². The van der Waals surface area contributed by atoms with Crippen molar-refractivity contribution in [2.45, 2.75) is 60.3 Å². The van der Waals surface area contributed by atoms with Crippen LogP contribution in [0.1, 0.15) is 57.1 Å². The first-order valence-electron chi connectivity index (χ1n) is 16.4. The van der Waals surface area contributed by atoms with E-state index in [0.717, 1.165) is 56.9 Å². The summed E-state index contributed by atoms with van der Waals surface area (Å²) in [6.07, 6.45) is 2.91. The van der Waals surface area contributed by atoms with Gasteiger partial charge >= 0.3 is 21.1 Å². The molecule has 7 aromatic rings. The Kier molecular flexibility index (Phi) is 9.20. The summed E-state index contributed by atoms with van der Waals surface area (Å²) in [5, 5.41) is 7.17. The third kappa shape index (κ3) is 6.36. The number of hydrogen-bond acceptors (Lipinski definition) is 3. The predicted molar refractivity (Wildman–Crippen MR) is 192 cm³/mol. The van der Waals surface area contributed by atoms with E-state index in [1.165, 1.54) is 16.5 Å². The SMILES string of the molecule is Cc1nn(-c2[c-]c(Oc3[c-]c4c(cc3)c3cc(C(C)(C)C)ccc3n4-c3cc(CC(C)C)ccn3)ccc2)c(C)c1-c1ccccc1.[Pt+2]. The van der Waals surface area contributed by atoms with Gasteiger partial charge in [0, 0.05) is 34.5 Å². The van der Waals surface area contributed by atoms with E-state index in [-0.39, 0.29) is 26.5 Å². The van der Waals surface area contributed by atoms with Crippen LogP contribution in [0.2, 0.25) is 0 Å². The second-order valence-corrected chi connectivity index (χ2v) is 13.8. The Morgan fingerprint density at radius 1 is 0.812 bits per heavy atom. The molecule has 0 aliphatic rings. The van der Waals surface area contributed by atoms with Crippen molar-refractivity contribution < 1.29 is 25.8 Å². The maximum atomic E-state index is 6.47. The Bertz CT molecular complexity index is 2240. The third-order valence-electron chi connectivity index (χ3n) is 8.75. The molecular formula is C42H40N4OPt. The Morgan fingerprint density at radius 3 is 2.33 bits per heavy atom. The largest absolute Gasteiger partial charge is 2.00 e. The van der Waals surface area contributed by atoms with Crippen molar-refractivity contribution in [3.8, 4) is 34.1 Å². The zero-order chi connectivity index (χ0) is 32.9. The molecule has 6 heteroatoms. The van der Waals surface area contributed by atoms with Crippen molar-refractivity contribution in [2.24, 2.45) is 5.92 Å². The molecule has 0 amide bonds. The minimum absolute atomic E-state index is 0. The van der Waals surface area contributed by atoms with E-state index in [1.807, 2.05) is 48.1 Å². The van der Waals surface area contributed by atoms with Crippen LogP contribution in [0.25, 0.3) is 44.4 Å². The van der Waals surface area contributed by atoms with Crippen LogP contribution in [-0.4, -0.2) is 19.3 Å². The summed E-state index contributed by atoms with van der Waals surface area (Å²) in [5.41, 5.74) is 9.75. The minimum Gasteiger partial charge on any atom is -0.509 e. The maximum absolute atomic E-state index is 6.47. The molecule has 0 spiro atoms. The van der Waals surface area contributed by atoms with E-state index in [1.54, 1.807) is 0 Å². The smallest absolute Gasteiger partial charge is 0.509 e. The first kappa shape index (κ1) is 33.4. The fraction of sp³-hybridized carbons (Fsp3) is 0.238. The average molecular weight is 812 g/mol. The van der Waals surface area contributed by atoms with Gasteiger partial charge in [-0.3, -0.25) is 4.68 Å². The van der Waals surface area contributed by atoms with Crippen LogP contribution in [-0.2, 0) is 32.9 Å². The molecular weight excluding hydrogens is 772 g/mol. The molecule has 3 aromatic heterocycles. The molecule has 0 aliphatic heterocycles. The van der Waals surface area contributed by atoms with Gasteiger partial charge < -0.3 is 9.30 Å². The van der Waals surface area contributed by atoms with Gasteiger partial charge in [0.25, 0.3) is 0 Å². The third-order valence-corrected chi connectivity index (χ3v) is 8.75. The second-order valence-electron chi connectivity index (χ2n) is 13.8. The van der Waals surface area contributed by atoms with Gasteiger partial charge in [-0.1, -0.05) is 82.6 Å². The van der Waals surface area contributed by atoms with E-state index in [2.05, 4.69) is 119 Å². The number of aromatic nitrogens is 4. The molecule has 0 atom stereocenters. The van der Waals surface area contributed by atoms with E-state index < -0.39 is 0 Å². The first-order chi connectivity index (χ1) is 22.6. The van der Waals surface area contributed by atoms with E-state index in [4.69, 9.17) is 14.8 Å². The number of aryl methyl sites for hydroxylation is 1. The standard InChI is InChI=1S/C42H40N4O.Pt/c1-27(2)22-30-20-21-43-40(23-30)45-38-19-16-32(42(5,6)7)24-37(38)36-18-17-35(26-39(36)45)47-34-15-11-14-33(25-34)46-29(4)41(28(3)44-46)31-12-9-8-10-13-31;/h8-21,23-24,27H,22H2,1-7H3;/q-2;+2. The molecule has 0 N–H and O–H groups in total. The second kappa shape index (κ2) is 13.2. The molecule has 3 heterocycles. The molecule has 244 valence electrons. The predicted octanol–water partition coefficient (Wildman–Crippen LogP) is 10.5. The molecule has 0 aliphatic carbocycles. The Hall–Kier alpha value is -4.47. The number of rotatable bonds is 7. The zero-order valence-corrected chi connectivity index (χ0v) is 30.8. The molecule has 5 nitrogen and oxygen atoms in total. The quantitative estimate of drug-likeness (QED) is 0.151. The number of nitrogens with zero attached hydrogens (tertiary/aromatic N) is 4. The van der Waals surface area contributed by atoms with Crippen LogP contribution in [0.5, 0.6) is 11.5 Å². The normalized spacial score (nSPS) is 11.8. The van der Waals surface area contributed by atoms with Crippen molar-refractivity contribution in [3.05, 3.63) is 132 Å². The van der Waals surface area contributed by atoms with Crippen LogP contribution < -0.4 is 4.74 Å². The van der Waals surface area contributed by atoms with Crippen molar-refractivity contribution in [1.82, 2.24) is 19.3 Å². The molecule has 48 heavy (non-hydrogen) atoms.